The number of hydrogen-bond donors (Lipinski definition) is 3. The second-order valence-corrected chi connectivity index (χ2v) is 4.09. The van der Waals surface area contributed by atoms with E-state index in [1.165, 1.54) is 0 Å². The van der Waals surface area contributed by atoms with Gasteiger partial charge in [-0.15, -0.1) is 0 Å². The molecule has 1 unspecified atom stereocenters. The second kappa shape index (κ2) is 4.00. The molecule has 1 atom stereocenters. The number of rotatable bonds is 2. The number of guanidine groups is 1. The molecule has 0 aromatic rings. The van der Waals surface area contributed by atoms with E-state index in [1.54, 1.807) is 18.8 Å². The van der Waals surface area contributed by atoms with E-state index in [4.69, 9.17) is 5.73 Å². The predicted molar refractivity (Wildman–Crippen MR) is 52.4 cm³/mol. The maximum absolute atomic E-state index is 9.84. The van der Waals surface area contributed by atoms with E-state index >= 15 is 0 Å². The fourth-order valence-electron chi connectivity index (χ4n) is 1.07. The highest BCUT2D eigenvalue weighted by Crippen LogP contribution is 2.26. The fourth-order valence-corrected chi connectivity index (χ4v) is 2.37. The van der Waals surface area contributed by atoms with Gasteiger partial charge in [0.25, 0.3) is 0 Å². The Morgan fingerprint density at radius 2 is 2.58 bits per heavy atom. The molecule has 1 heterocycles. The van der Waals surface area contributed by atoms with E-state index < -0.39 is 5.60 Å². The topological polar surface area (TPSA) is 70.6 Å². The first-order valence-electron chi connectivity index (χ1n) is 3.92. The Balaban J connectivity index is 2.30. The lowest BCUT2D eigenvalue weighted by molar-refractivity contribution is 0.0726. The number of aliphatic imine (C=N–C) groups is 1. The zero-order valence-corrected chi connectivity index (χ0v) is 8.02. The molecule has 70 valence electrons. The number of nitrogens with two attached hydrogens (primary N) is 1. The molecular weight excluding hydrogens is 174 g/mol. The van der Waals surface area contributed by atoms with Gasteiger partial charge in [0, 0.05) is 19.3 Å². The van der Waals surface area contributed by atoms with Crippen LogP contribution in [0.5, 0.6) is 0 Å². The summed E-state index contributed by atoms with van der Waals surface area (Å²) in [6.45, 7) is 0.503. The standard InChI is InChI=1S/C7H15N3OS/c1-9-6(8)10-4-7(11)2-3-12-5-7/h11H,2-5H2,1H3,(H3,8,9,10). The highest BCUT2D eigenvalue weighted by atomic mass is 32.2. The summed E-state index contributed by atoms with van der Waals surface area (Å²) in [6, 6.07) is 0. The number of aliphatic hydroxyl groups is 1. The van der Waals surface area contributed by atoms with Gasteiger partial charge >= 0.3 is 0 Å². The van der Waals surface area contributed by atoms with Crippen LogP contribution < -0.4 is 11.1 Å². The van der Waals surface area contributed by atoms with Crippen LogP contribution in [-0.2, 0) is 0 Å². The summed E-state index contributed by atoms with van der Waals surface area (Å²) in [5.74, 6) is 2.21. The van der Waals surface area contributed by atoms with Gasteiger partial charge in [-0.25, -0.2) is 0 Å². The number of nitrogens with one attached hydrogen (secondary N) is 1. The molecule has 1 rings (SSSR count). The molecular formula is C7H15N3OS. The van der Waals surface area contributed by atoms with E-state index in [0.717, 1.165) is 17.9 Å². The SMILES string of the molecule is CN=C(N)NCC1(O)CCSC1. The van der Waals surface area contributed by atoms with Crippen LogP contribution in [0.15, 0.2) is 4.99 Å². The second-order valence-electron chi connectivity index (χ2n) is 2.99. The molecule has 0 saturated carbocycles. The molecule has 4 N–H and O–H groups in total. The third-order valence-corrected chi connectivity index (χ3v) is 3.16. The van der Waals surface area contributed by atoms with Gasteiger partial charge in [-0.3, -0.25) is 4.99 Å². The van der Waals surface area contributed by atoms with E-state index in [0.29, 0.717) is 12.5 Å². The van der Waals surface area contributed by atoms with Crippen LogP contribution in [0.25, 0.3) is 0 Å². The Kier molecular flexibility index (Phi) is 3.22. The van der Waals surface area contributed by atoms with Gasteiger partial charge in [-0.1, -0.05) is 0 Å². The molecule has 0 aliphatic carbocycles. The first-order chi connectivity index (χ1) is 5.66. The van der Waals surface area contributed by atoms with Crippen molar-refractivity contribution in [2.75, 3.05) is 25.1 Å². The average molecular weight is 189 g/mol. The van der Waals surface area contributed by atoms with Crippen LogP contribution in [-0.4, -0.2) is 41.8 Å². The quantitative estimate of drug-likeness (QED) is 0.400. The molecule has 4 nitrogen and oxygen atoms in total. The van der Waals surface area contributed by atoms with Gasteiger partial charge in [0.05, 0.1) is 5.60 Å². The summed E-state index contributed by atoms with van der Waals surface area (Å²) in [7, 11) is 1.62. The van der Waals surface area contributed by atoms with Crippen LogP contribution in [0.4, 0.5) is 0 Å². The summed E-state index contributed by atoms with van der Waals surface area (Å²) < 4.78 is 0. The average Bonchev–Trinajstić information content (AvgIpc) is 2.49. The molecule has 0 aromatic carbocycles. The Morgan fingerprint density at radius 1 is 1.83 bits per heavy atom. The fraction of sp³-hybridized carbons (Fsp3) is 0.857. The predicted octanol–water partition coefficient (Wildman–Crippen LogP) is -0.611. The Morgan fingerprint density at radius 3 is 3.08 bits per heavy atom. The minimum Gasteiger partial charge on any atom is -0.387 e. The Labute approximate surface area is 76.6 Å². The van der Waals surface area contributed by atoms with Crippen LogP contribution in [0.2, 0.25) is 0 Å². The van der Waals surface area contributed by atoms with E-state index in [2.05, 4.69) is 10.3 Å². The van der Waals surface area contributed by atoms with Crippen LogP contribution in [0.1, 0.15) is 6.42 Å². The number of hydrogen-bond acceptors (Lipinski definition) is 3. The van der Waals surface area contributed by atoms with Crippen molar-refractivity contribution in [3.63, 3.8) is 0 Å². The number of thioether (sulfide) groups is 1. The summed E-state index contributed by atoms with van der Waals surface area (Å²) in [4.78, 5) is 3.75. The van der Waals surface area contributed by atoms with Crippen molar-refractivity contribution in [3.05, 3.63) is 0 Å². The highest BCUT2D eigenvalue weighted by molar-refractivity contribution is 7.99. The van der Waals surface area contributed by atoms with Crippen molar-refractivity contribution in [2.45, 2.75) is 12.0 Å². The van der Waals surface area contributed by atoms with Crippen molar-refractivity contribution in [1.29, 1.82) is 0 Å². The largest absolute Gasteiger partial charge is 0.387 e. The van der Waals surface area contributed by atoms with E-state index in [9.17, 15) is 5.11 Å². The minimum absolute atomic E-state index is 0.389. The summed E-state index contributed by atoms with van der Waals surface area (Å²) in [5.41, 5.74) is 4.85. The van der Waals surface area contributed by atoms with Gasteiger partial charge in [-0.2, -0.15) is 11.8 Å². The Hall–Kier alpha value is -0.420. The van der Waals surface area contributed by atoms with Crippen LogP contribution in [0, 0.1) is 0 Å². The van der Waals surface area contributed by atoms with Crippen molar-refractivity contribution < 1.29 is 5.11 Å². The first kappa shape index (κ1) is 9.67. The minimum atomic E-state index is -0.583. The molecule has 12 heavy (non-hydrogen) atoms. The molecule has 1 aliphatic rings. The van der Waals surface area contributed by atoms with Crippen molar-refractivity contribution in [1.82, 2.24) is 5.32 Å². The van der Waals surface area contributed by atoms with E-state index in [-0.39, 0.29) is 0 Å². The molecule has 0 amide bonds. The monoisotopic (exact) mass is 189 g/mol. The van der Waals surface area contributed by atoms with Gasteiger partial charge in [-0.05, 0) is 12.2 Å². The first-order valence-corrected chi connectivity index (χ1v) is 5.08. The van der Waals surface area contributed by atoms with Gasteiger partial charge in [0.2, 0.25) is 0 Å². The normalized spacial score (nSPS) is 30.7. The van der Waals surface area contributed by atoms with E-state index in [1.807, 2.05) is 0 Å². The maximum atomic E-state index is 9.84. The van der Waals surface area contributed by atoms with Crippen molar-refractivity contribution in [3.8, 4) is 0 Å². The lowest BCUT2D eigenvalue weighted by Gasteiger charge is -2.21. The summed E-state index contributed by atoms with van der Waals surface area (Å²) >= 11 is 1.77. The molecule has 0 spiro atoms. The van der Waals surface area contributed by atoms with Crippen molar-refractivity contribution >= 4 is 17.7 Å². The van der Waals surface area contributed by atoms with Crippen LogP contribution in [0.3, 0.4) is 0 Å². The van der Waals surface area contributed by atoms with Gasteiger partial charge < -0.3 is 16.2 Å². The Bertz CT molecular complexity index is 177. The smallest absolute Gasteiger partial charge is 0.188 e. The maximum Gasteiger partial charge on any atom is 0.188 e. The molecule has 1 fully saturated rings. The molecule has 0 aromatic heterocycles. The molecule has 1 aliphatic heterocycles. The lowest BCUT2D eigenvalue weighted by atomic mass is 10.0. The molecule has 0 bridgehead atoms. The van der Waals surface area contributed by atoms with Gasteiger partial charge in [0.15, 0.2) is 5.96 Å². The summed E-state index contributed by atoms with van der Waals surface area (Å²) in [6.07, 6.45) is 0.835. The number of nitrogens with zero attached hydrogens (tertiary/aromatic N) is 1. The highest BCUT2D eigenvalue weighted by Gasteiger charge is 2.31. The van der Waals surface area contributed by atoms with Crippen molar-refractivity contribution in [2.24, 2.45) is 10.7 Å². The zero-order valence-electron chi connectivity index (χ0n) is 7.21. The lowest BCUT2D eigenvalue weighted by Crippen LogP contribution is -2.45. The molecule has 0 radical (unpaired) electrons. The third-order valence-electron chi connectivity index (χ3n) is 1.92. The van der Waals surface area contributed by atoms with Crippen LogP contribution >= 0.6 is 11.8 Å². The zero-order chi connectivity index (χ0) is 9.03. The third kappa shape index (κ3) is 2.57. The summed E-state index contributed by atoms with van der Waals surface area (Å²) in [5, 5.41) is 12.7. The molecule has 1 saturated heterocycles. The van der Waals surface area contributed by atoms with Gasteiger partial charge in [0.1, 0.15) is 0 Å². The molecule has 5 heteroatoms.